The highest BCUT2D eigenvalue weighted by Gasteiger charge is 2.21. The summed E-state index contributed by atoms with van der Waals surface area (Å²) in [4.78, 5) is 9.35. The molecule has 1 aliphatic heterocycles. The van der Waals surface area contributed by atoms with Crippen LogP contribution >= 0.6 is 24.0 Å². The molecule has 1 heterocycles. The standard InChI is InChI=1S/C21H29N5O3S.HI/c1-3-23-21(24-16-17-7-6-8-18(15-17)30(22,27)28)26-13-11-25(12-14-26)19-9-4-5-10-20(19)29-2;/h4-10,15H,3,11-14,16H2,1-2H3,(H,23,24)(H2,22,27,28);1H. The SMILES string of the molecule is CCNC(=NCc1cccc(S(N)(=O)=O)c1)N1CCN(c2ccccc2OC)CC1.I. The largest absolute Gasteiger partial charge is 0.495 e. The molecule has 1 saturated heterocycles. The van der Waals surface area contributed by atoms with Crippen LogP contribution in [0.15, 0.2) is 58.4 Å². The van der Waals surface area contributed by atoms with Crippen molar-refractivity contribution in [1.82, 2.24) is 10.2 Å². The fourth-order valence-corrected chi connectivity index (χ4v) is 4.05. The van der Waals surface area contributed by atoms with Gasteiger partial charge in [-0.05, 0) is 36.8 Å². The van der Waals surface area contributed by atoms with Crippen LogP contribution in [-0.4, -0.2) is 59.1 Å². The molecule has 3 rings (SSSR count). The molecule has 0 aromatic heterocycles. The van der Waals surface area contributed by atoms with E-state index < -0.39 is 10.0 Å². The Morgan fingerprint density at radius 3 is 2.48 bits per heavy atom. The Morgan fingerprint density at radius 2 is 1.84 bits per heavy atom. The molecule has 3 N–H and O–H groups in total. The zero-order valence-electron chi connectivity index (χ0n) is 17.8. The Hall–Kier alpha value is -2.05. The predicted molar refractivity (Wildman–Crippen MR) is 135 cm³/mol. The number of aliphatic imine (C=N–C) groups is 1. The monoisotopic (exact) mass is 559 g/mol. The average molecular weight is 559 g/mol. The van der Waals surface area contributed by atoms with Gasteiger partial charge in [0.15, 0.2) is 5.96 Å². The van der Waals surface area contributed by atoms with Crippen molar-refractivity contribution < 1.29 is 13.2 Å². The predicted octanol–water partition coefficient (Wildman–Crippen LogP) is 2.25. The molecule has 2 aromatic rings. The number of hydrogen-bond donors (Lipinski definition) is 2. The second-order valence-corrected chi connectivity index (χ2v) is 8.57. The number of rotatable bonds is 6. The zero-order valence-corrected chi connectivity index (χ0v) is 21.0. The molecule has 0 bridgehead atoms. The van der Waals surface area contributed by atoms with Gasteiger partial charge in [0.25, 0.3) is 0 Å². The van der Waals surface area contributed by atoms with E-state index in [-0.39, 0.29) is 28.9 Å². The first kappa shape index (κ1) is 25.2. The van der Waals surface area contributed by atoms with Crippen LogP contribution in [0.3, 0.4) is 0 Å². The molecule has 0 spiro atoms. The van der Waals surface area contributed by atoms with Crippen molar-refractivity contribution in [3.63, 3.8) is 0 Å². The lowest BCUT2D eigenvalue weighted by molar-refractivity contribution is 0.367. The van der Waals surface area contributed by atoms with Gasteiger partial charge >= 0.3 is 0 Å². The first-order valence-electron chi connectivity index (χ1n) is 9.95. The Labute approximate surface area is 201 Å². The van der Waals surface area contributed by atoms with Crippen LogP contribution in [0.2, 0.25) is 0 Å². The van der Waals surface area contributed by atoms with Crippen LogP contribution in [0.1, 0.15) is 12.5 Å². The van der Waals surface area contributed by atoms with Crippen molar-refractivity contribution in [2.75, 3.05) is 44.7 Å². The number of hydrogen-bond acceptors (Lipinski definition) is 5. The van der Waals surface area contributed by atoms with Gasteiger partial charge in [0.05, 0.1) is 24.2 Å². The summed E-state index contributed by atoms with van der Waals surface area (Å²) in [6.45, 7) is 6.50. The first-order valence-corrected chi connectivity index (χ1v) is 11.5. The summed E-state index contributed by atoms with van der Waals surface area (Å²) in [5.74, 6) is 1.69. The third kappa shape index (κ3) is 6.71. The molecule has 31 heavy (non-hydrogen) atoms. The molecule has 0 aliphatic carbocycles. The minimum absolute atomic E-state index is 0. The van der Waals surface area contributed by atoms with Crippen LogP contribution < -0.4 is 20.1 Å². The number of nitrogens with one attached hydrogen (secondary N) is 1. The number of primary sulfonamides is 1. The third-order valence-corrected chi connectivity index (χ3v) is 5.89. The first-order chi connectivity index (χ1) is 14.4. The smallest absolute Gasteiger partial charge is 0.238 e. The second kappa shape index (κ2) is 11.5. The Bertz CT molecular complexity index is 992. The van der Waals surface area contributed by atoms with Crippen molar-refractivity contribution in [2.24, 2.45) is 10.1 Å². The zero-order chi connectivity index (χ0) is 21.6. The van der Waals surface area contributed by atoms with Gasteiger partial charge in [0.2, 0.25) is 10.0 Å². The molecular weight excluding hydrogens is 529 g/mol. The van der Waals surface area contributed by atoms with E-state index in [4.69, 9.17) is 14.9 Å². The number of nitrogens with zero attached hydrogens (tertiary/aromatic N) is 3. The van der Waals surface area contributed by atoms with E-state index in [2.05, 4.69) is 21.2 Å². The number of nitrogens with two attached hydrogens (primary N) is 1. The molecule has 8 nitrogen and oxygen atoms in total. The van der Waals surface area contributed by atoms with Crippen LogP contribution in [-0.2, 0) is 16.6 Å². The van der Waals surface area contributed by atoms with E-state index in [1.807, 2.05) is 31.2 Å². The number of sulfonamides is 1. The maximum atomic E-state index is 11.6. The van der Waals surface area contributed by atoms with Crippen LogP contribution in [0.25, 0.3) is 0 Å². The quantitative estimate of drug-likeness (QED) is 0.320. The van der Waals surface area contributed by atoms with Gasteiger partial charge < -0.3 is 19.9 Å². The summed E-state index contributed by atoms with van der Waals surface area (Å²) in [5, 5.41) is 8.56. The lowest BCUT2D eigenvalue weighted by Gasteiger charge is -2.38. The Kier molecular flexibility index (Phi) is 9.38. The van der Waals surface area contributed by atoms with Gasteiger partial charge in [-0.2, -0.15) is 0 Å². The Balaban J connectivity index is 0.00000341. The van der Waals surface area contributed by atoms with Gasteiger partial charge in [0, 0.05) is 32.7 Å². The fourth-order valence-electron chi connectivity index (χ4n) is 3.46. The van der Waals surface area contributed by atoms with Gasteiger partial charge in [-0.3, -0.25) is 0 Å². The maximum absolute atomic E-state index is 11.6. The van der Waals surface area contributed by atoms with Gasteiger partial charge in [-0.25, -0.2) is 18.5 Å². The molecule has 1 fully saturated rings. The van der Waals surface area contributed by atoms with E-state index in [1.54, 1.807) is 19.2 Å². The molecule has 0 atom stereocenters. The minimum atomic E-state index is -3.72. The van der Waals surface area contributed by atoms with Crippen molar-refractivity contribution in [1.29, 1.82) is 0 Å². The maximum Gasteiger partial charge on any atom is 0.238 e. The second-order valence-electron chi connectivity index (χ2n) is 7.01. The molecule has 1 aliphatic rings. The summed E-state index contributed by atoms with van der Waals surface area (Å²) in [7, 11) is -2.03. The highest BCUT2D eigenvalue weighted by atomic mass is 127. The number of halogens is 1. The minimum Gasteiger partial charge on any atom is -0.495 e. The van der Waals surface area contributed by atoms with Crippen molar-refractivity contribution >= 4 is 45.6 Å². The summed E-state index contributed by atoms with van der Waals surface area (Å²) < 4.78 is 28.6. The molecule has 2 aromatic carbocycles. The highest BCUT2D eigenvalue weighted by molar-refractivity contribution is 14.0. The molecule has 10 heteroatoms. The third-order valence-electron chi connectivity index (χ3n) is 4.98. The molecular formula is C21H30IN5O3S. The lowest BCUT2D eigenvalue weighted by Crippen LogP contribution is -2.52. The number of methoxy groups -OCH3 is 1. The van der Waals surface area contributed by atoms with E-state index in [1.165, 1.54) is 6.07 Å². The molecule has 170 valence electrons. The van der Waals surface area contributed by atoms with E-state index in [9.17, 15) is 8.42 Å². The summed E-state index contributed by atoms with van der Waals surface area (Å²) in [5.41, 5.74) is 1.89. The van der Waals surface area contributed by atoms with Crippen LogP contribution in [0.4, 0.5) is 5.69 Å². The number of anilines is 1. The van der Waals surface area contributed by atoms with Crippen LogP contribution in [0, 0.1) is 0 Å². The van der Waals surface area contributed by atoms with Crippen molar-refractivity contribution in [3.05, 3.63) is 54.1 Å². The lowest BCUT2D eigenvalue weighted by atomic mass is 10.2. The van der Waals surface area contributed by atoms with Gasteiger partial charge in [-0.1, -0.05) is 24.3 Å². The number of para-hydroxylation sites is 2. The molecule has 0 unspecified atom stereocenters. The fraction of sp³-hybridized carbons (Fsp3) is 0.381. The number of guanidine groups is 1. The summed E-state index contributed by atoms with van der Waals surface area (Å²) >= 11 is 0. The Morgan fingerprint density at radius 1 is 1.13 bits per heavy atom. The normalized spacial score (nSPS) is 14.7. The molecule has 0 amide bonds. The molecule has 0 saturated carbocycles. The summed E-state index contributed by atoms with van der Waals surface area (Å²) in [6, 6.07) is 14.6. The number of benzene rings is 2. The number of piperazine rings is 1. The van der Waals surface area contributed by atoms with E-state index >= 15 is 0 Å². The summed E-state index contributed by atoms with van der Waals surface area (Å²) in [6.07, 6.45) is 0. The van der Waals surface area contributed by atoms with Gasteiger partial charge in [-0.15, -0.1) is 24.0 Å². The topological polar surface area (TPSA) is 100 Å². The van der Waals surface area contributed by atoms with Gasteiger partial charge in [0.1, 0.15) is 5.75 Å². The van der Waals surface area contributed by atoms with Crippen molar-refractivity contribution in [3.8, 4) is 5.75 Å². The van der Waals surface area contributed by atoms with E-state index in [0.29, 0.717) is 6.54 Å². The molecule has 0 radical (unpaired) electrons. The number of ether oxygens (including phenoxy) is 1. The van der Waals surface area contributed by atoms with Crippen molar-refractivity contribution in [2.45, 2.75) is 18.4 Å². The highest BCUT2D eigenvalue weighted by Crippen LogP contribution is 2.28. The van der Waals surface area contributed by atoms with Crippen LogP contribution in [0.5, 0.6) is 5.75 Å². The van der Waals surface area contributed by atoms with E-state index in [0.717, 1.165) is 55.7 Å². The average Bonchev–Trinajstić information content (AvgIpc) is 2.76.